The highest BCUT2D eigenvalue weighted by Crippen LogP contribution is 2.27. The number of hydrogen-bond acceptors (Lipinski definition) is 3. The standard InChI is InChI=1S/C16H18ClNO2.C2H6/c1-11-3-4-12-9-13(17)5-6-14(12)16(19)15(11)10-18-7-8-20-2;1-2/h5-7,9H,3-4,8,10H2,1-2H3;1-2H3. The van der Waals surface area contributed by atoms with Gasteiger partial charge in [-0.25, -0.2) is 0 Å². The van der Waals surface area contributed by atoms with Crippen LogP contribution in [0.15, 0.2) is 34.3 Å². The zero-order valence-electron chi connectivity index (χ0n) is 13.8. The first-order valence-electron chi connectivity index (χ1n) is 7.62. The Morgan fingerprint density at radius 3 is 2.73 bits per heavy atom. The fourth-order valence-corrected chi connectivity index (χ4v) is 2.50. The molecule has 0 fully saturated rings. The third-order valence-corrected chi connectivity index (χ3v) is 3.73. The van der Waals surface area contributed by atoms with Gasteiger partial charge in [0.25, 0.3) is 0 Å². The minimum atomic E-state index is 0.0706. The van der Waals surface area contributed by atoms with Crippen molar-refractivity contribution in [1.29, 1.82) is 0 Å². The highest BCUT2D eigenvalue weighted by atomic mass is 35.5. The van der Waals surface area contributed by atoms with E-state index in [9.17, 15) is 4.79 Å². The Hall–Kier alpha value is -1.45. The van der Waals surface area contributed by atoms with Crippen molar-refractivity contribution < 1.29 is 9.53 Å². The van der Waals surface area contributed by atoms with E-state index in [4.69, 9.17) is 16.3 Å². The molecule has 2 rings (SSSR count). The molecule has 1 aromatic carbocycles. The molecule has 4 heteroatoms. The van der Waals surface area contributed by atoms with Crippen LogP contribution in [0.2, 0.25) is 5.02 Å². The number of aryl methyl sites for hydroxylation is 1. The van der Waals surface area contributed by atoms with Crippen LogP contribution in [-0.4, -0.2) is 32.3 Å². The molecule has 0 spiro atoms. The number of nitrogens with zero attached hydrogens (tertiary/aromatic N) is 1. The molecule has 0 saturated heterocycles. The Balaban J connectivity index is 0.00000116. The summed E-state index contributed by atoms with van der Waals surface area (Å²) in [4.78, 5) is 16.9. The topological polar surface area (TPSA) is 38.7 Å². The van der Waals surface area contributed by atoms with Crippen LogP contribution in [-0.2, 0) is 11.2 Å². The summed E-state index contributed by atoms with van der Waals surface area (Å²) in [6, 6.07) is 5.47. The van der Waals surface area contributed by atoms with Gasteiger partial charge in [0.1, 0.15) is 0 Å². The van der Waals surface area contributed by atoms with Crippen LogP contribution in [0.3, 0.4) is 0 Å². The molecule has 22 heavy (non-hydrogen) atoms. The summed E-state index contributed by atoms with van der Waals surface area (Å²) in [6.45, 7) is 6.88. The van der Waals surface area contributed by atoms with Crippen LogP contribution in [0.25, 0.3) is 0 Å². The van der Waals surface area contributed by atoms with Gasteiger partial charge in [0, 0.05) is 29.5 Å². The lowest BCUT2D eigenvalue weighted by Crippen LogP contribution is -2.09. The molecule has 0 saturated carbocycles. The van der Waals surface area contributed by atoms with E-state index in [2.05, 4.69) is 4.99 Å². The Labute approximate surface area is 138 Å². The average molecular weight is 322 g/mol. The van der Waals surface area contributed by atoms with E-state index in [-0.39, 0.29) is 5.78 Å². The fourth-order valence-electron chi connectivity index (χ4n) is 2.31. The van der Waals surface area contributed by atoms with E-state index in [1.165, 1.54) is 0 Å². The lowest BCUT2D eigenvalue weighted by atomic mass is 9.99. The highest BCUT2D eigenvalue weighted by Gasteiger charge is 2.21. The van der Waals surface area contributed by atoms with Crippen LogP contribution in [0.4, 0.5) is 0 Å². The molecule has 0 amide bonds. The number of Topliss-reactive ketones (excluding diaryl/α,β-unsaturated/α-hetero) is 1. The van der Waals surface area contributed by atoms with Crippen LogP contribution >= 0.6 is 11.6 Å². The van der Waals surface area contributed by atoms with Crippen molar-refractivity contribution in [3.05, 3.63) is 45.5 Å². The van der Waals surface area contributed by atoms with E-state index >= 15 is 0 Å². The van der Waals surface area contributed by atoms with Gasteiger partial charge in [-0.2, -0.15) is 0 Å². The van der Waals surface area contributed by atoms with E-state index in [0.29, 0.717) is 18.2 Å². The van der Waals surface area contributed by atoms with E-state index in [1.54, 1.807) is 19.4 Å². The number of aliphatic imine (C=N–C) groups is 1. The third-order valence-electron chi connectivity index (χ3n) is 3.49. The molecule has 0 bridgehead atoms. The van der Waals surface area contributed by atoms with E-state index < -0.39 is 0 Å². The van der Waals surface area contributed by atoms with Gasteiger partial charge in [-0.3, -0.25) is 9.79 Å². The van der Waals surface area contributed by atoms with Crippen molar-refractivity contribution in [2.24, 2.45) is 4.99 Å². The van der Waals surface area contributed by atoms with Gasteiger partial charge in [-0.05, 0) is 43.5 Å². The van der Waals surface area contributed by atoms with Gasteiger partial charge < -0.3 is 4.74 Å². The van der Waals surface area contributed by atoms with Gasteiger partial charge in [-0.1, -0.05) is 31.0 Å². The summed E-state index contributed by atoms with van der Waals surface area (Å²) in [5, 5.41) is 0.677. The van der Waals surface area contributed by atoms with Gasteiger partial charge in [-0.15, -0.1) is 0 Å². The predicted octanol–water partition coefficient (Wildman–Crippen LogP) is 4.53. The summed E-state index contributed by atoms with van der Waals surface area (Å²) in [5.74, 6) is 0.0706. The lowest BCUT2D eigenvalue weighted by molar-refractivity contribution is 0.103. The largest absolute Gasteiger partial charge is 0.379 e. The second kappa shape index (κ2) is 9.54. The number of fused-ring (bicyclic) bond motifs is 1. The molecule has 0 radical (unpaired) electrons. The Bertz CT molecular complexity index is 576. The molecule has 0 heterocycles. The van der Waals surface area contributed by atoms with Gasteiger partial charge in [0.05, 0.1) is 13.2 Å². The fraction of sp³-hybridized carbons (Fsp3) is 0.444. The number of carbonyl (C=O) groups excluding carboxylic acids is 1. The highest BCUT2D eigenvalue weighted by molar-refractivity contribution is 6.30. The number of rotatable bonds is 4. The lowest BCUT2D eigenvalue weighted by Gasteiger charge is -2.07. The predicted molar refractivity (Wildman–Crippen MR) is 93.4 cm³/mol. The van der Waals surface area contributed by atoms with Crippen molar-refractivity contribution >= 4 is 23.6 Å². The number of hydrogen-bond donors (Lipinski definition) is 0. The molecule has 0 aromatic heterocycles. The minimum Gasteiger partial charge on any atom is -0.379 e. The average Bonchev–Trinajstić information content (AvgIpc) is 2.64. The second-order valence-corrected chi connectivity index (χ2v) is 5.30. The summed E-state index contributed by atoms with van der Waals surface area (Å²) in [6.07, 6.45) is 3.41. The van der Waals surface area contributed by atoms with Crippen molar-refractivity contribution in [1.82, 2.24) is 0 Å². The first-order chi connectivity index (χ1) is 10.6. The molecule has 1 aliphatic carbocycles. The number of allylic oxidation sites excluding steroid dienone is 1. The molecule has 0 unspecified atom stereocenters. The van der Waals surface area contributed by atoms with Crippen molar-refractivity contribution in [2.75, 3.05) is 20.3 Å². The maximum atomic E-state index is 12.6. The molecule has 3 nitrogen and oxygen atoms in total. The van der Waals surface area contributed by atoms with Crippen molar-refractivity contribution in [3.8, 4) is 0 Å². The first kappa shape index (κ1) is 18.6. The Morgan fingerprint density at radius 2 is 2.05 bits per heavy atom. The smallest absolute Gasteiger partial charge is 0.191 e. The number of carbonyl (C=O) groups is 1. The second-order valence-electron chi connectivity index (χ2n) is 4.87. The maximum absolute atomic E-state index is 12.6. The van der Waals surface area contributed by atoms with Crippen molar-refractivity contribution in [3.63, 3.8) is 0 Å². The number of benzene rings is 1. The molecular weight excluding hydrogens is 298 g/mol. The zero-order chi connectivity index (χ0) is 16.5. The van der Waals surface area contributed by atoms with Gasteiger partial charge >= 0.3 is 0 Å². The molecule has 0 aliphatic heterocycles. The Kier molecular flexibility index (Phi) is 8.07. The van der Waals surface area contributed by atoms with Gasteiger partial charge in [0.2, 0.25) is 0 Å². The molecule has 0 N–H and O–H groups in total. The normalized spacial score (nSPS) is 14.5. The summed E-state index contributed by atoms with van der Waals surface area (Å²) >= 11 is 6.01. The molecule has 1 aromatic rings. The maximum Gasteiger partial charge on any atom is 0.191 e. The van der Waals surface area contributed by atoms with E-state index in [1.807, 2.05) is 32.9 Å². The van der Waals surface area contributed by atoms with Crippen LogP contribution in [0.5, 0.6) is 0 Å². The Morgan fingerprint density at radius 1 is 1.32 bits per heavy atom. The molecule has 120 valence electrons. The molecular formula is C18H24ClNO2. The quantitative estimate of drug-likeness (QED) is 0.764. The summed E-state index contributed by atoms with van der Waals surface area (Å²) < 4.78 is 4.91. The van der Waals surface area contributed by atoms with Crippen LogP contribution in [0.1, 0.15) is 43.1 Å². The zero-order valence-corrected chi connectivity index (χ0v) is 14.5. The van der Waals surface area contributed by atoms with Gasteiger partial charge in [0.15, 0.2) is 5.78 Å². The van der Waals surface area contributed by atoms with Crippen molar-refractivity contribution in [2.45, 2.75) is 33.6 Å². The number of methoxy groups -OCH3 is 1. The SMILES string of the molecule is CC.COCC=NCC1=C(C)CCc2cc(Cl)ccc2C1=O. The molecule has 0 atom stereocenters. The monoisotopic (exact) mass is 321 g/mol. The van der Waals surface area contributed by atoms with E-state index in [0.717, 1.165) is 35.1 Å². The summed E-state index contributed by atoms with van der Waals surface area (Å²) in [5.41, 5.74) is 3.68. The first-order valence-corrected chi connectivity index (χ1v) is 8.00. The number of ether oxygens (including phenoxy) is 1. The summed E-state index contributed by atoms with van der Waals surface area (Å²) in [7, 11) is 1.62. The minimum absolute atomic E-state index is 0.0706. The third kappa shape index (κ3) is 4.79. The number of halogens is 1. The number of ketones is 1. The van der Waals surface area contributed by atoms with Crippen LogP contribution in [0, 0.1) is 0 Å². The van der Waals surface area contributed by atoms with Crippen LogP contribution < -0.4 is 0 Å². The molecule has 1 aliphatic rings.